The monoisotopic (exact) mass is 325 g/mol. The van der Waals surface area contributed by atoms with Gasteiger partial charge in [0.1, 0.15) is 11.5 Å². The average molecular weight is 325 g/mol. The molecule has 0 N–H and O–H groups in total. The smallest absolute Gasteiger partial charge is 0.274 e. The van der Waals surface area contributed by atoms with E-state index in [0.717, 1.165) is 25.2 Å². The van der Waals surface area contributed by atoms with Gasteiger partial charge in [-0.05, 0) is 33.1 Å². The first kappa shape index (κ1) is 15.3. The summed E-state index contributed by atoms with van der Waals surface area (Å²) in [6.07, 6.45) is 9.96. The molecular formula is C18H23N5O. The second kappa shape index (κ2) is 6.00. The number of hydrogen-bond acceptors (Lipinski definition) is 4. The molecule has 0 aromatic carbocycles. The Morgan fingerprint density at radius 3 is 2.58 bits per heavy atom. The highest BCUT2D eigenvalue weighted by Gasteiger charge is 2.33. The fourth-order valence-electron chi connectivity index (χ4n) is 3.71. The Hall–Kier alpha value is -2.24. The first-order valence-electron chi connectivity index (χ1n) is 8.75. The van der Waals surface area contributed by atoms with Gasteiger partial charge in [0.25, 0.3) is 5.91 Å². The van der Waals surface area contributed by atoms with Crippen LogP contribution in [0.15, 0.2) is 18.6 Å². The lowest BCUT2D eigenvalue weighted by Gasteiger charge is -2.28. The zero-order valence-corrected chi connectivity index (χ0v) is 14.3. The van der Waals surface area contributed by atoms with E-state index in [1.54, 1.807) is 12.4 Å². The lowest BCUT2D eigenvalue weighted by Crippen LogP contribution is -2.30. The summed E-state index contributed by atoms with van der Waals surface area (Å²) in [4.78, 5) is 27.6. The third-order valence-corrected chi connectivity index (χ3v) is 5.30. The van der Waals surface area contributed by atoms with Gasteiger partial charge in [-0.2, -0.15) is 0 Å². The lowest BCUT2D eigenvalue weighted by atomic mass is 9.84. The third-order valence-electron chi connectivity index (χ3n) is 5.30. The number of carbonyl (C=O) groups is 1. The zero-order chi connectivity index (χ0) is 16.7. The van der Waals surface area contributed by atoms with Crippen molar-refractivity contribution < 1.29 is 4.79 Å². The molecule has 126 valence electrons. The number of likely N-dealkylation sites (tertiary alicyclic amines) is 1. The van der Waals surface area contributed by atoms with E-state index in [0.29, 0.717) is 17.7 Å². The molecule has 1 amide bonds. The fraction of sp³-hybridized carbons (Fsp3) is 0.556. The predicted molar refractivity (Wildman–Crippen MR) is 89.9 cm³/mol. The molecule has 6 nitrogen and oxygen atoms in total. The Kier molecular flexibility index (Phi) is 3.82. The van der Waals surface area contributed by atoms with E-state index in [2.05, 4.69) is 26.4 Å². The lowest BCUT2D eigenvalue weighted by molar-refractivity contribution is 0.0781. The van der Waals surface area contributed by atoms with Crippen LogP contribution in [0.25, 0.3) is 0 Å². The van der Waals surface area contributed by atoms with Crippen molar-refractivity contribution in [2.75, 3.05) is 13.1 Å². The summed E-state index contributed by atoms with van der Waals surface area (Å²) >= 11 is 0. The molecule has 2 aromatic heterocycles. The van der Waals surface area contributed by atoms with Crippen molar-refractivity contribution in [3.8, 4) is 0 Å². The Balaban J connectivity index is 1.51. The van der Waals surface area contributed by atoms with Gasteiger partial charge in [-0.25, -0.2) is 9.97 Å². The van der Waals surface area contributed by atoms with Crippen molar-refractivity contribution in [1.82, 2.24) is 24.4 Å². The van der Waals surface area contributed by atoms with Gasteiger partial charge in [0.15, 0.2) is 0 Å². The van der Waals surface area contributed by atoms with Crippen molar-refractivity contribution in [2.45, 2.75) is 51.5 Å². The minimum Gasteiger partial charge on any atom is -0.335 e. The summed E-state index contributed by atoms with van der Waals surface area (Å²) in [6.45, 7) is 5.48. The first-order valence-corrected chi connectivity index (χ1v) is 8.75. The van der Waals surface area contributed by atoms with Crippen molar-refractivity contribution in [2.24, 2.45) is 0 Å². The molecule has 3 heterocycles. The molecule has 1 aliphatic heterocycles. The first-order chi connectivity index (χ1) is 11.6. The van der Waals surface area contributed by atoms with Crippen LogP contribution in [-0.4, -0.2) is 43.4 Å². The van der Waals surface area contributed by atoms with Crippen LogP contribution >= 0.6 is 0 Å². The Labute approximate surface area is 141 Å². The molecule has 1 saturated heterocycles. The van der Waals surface area contributed by atoms with E-state index >= 15 is 0 Å². The van der Waals surface area contributed by atoms with Crippen LogP contribution in [0.5, 0.6) is 0 Å². The van der Waals surface area contributed by atoms with Crippen LogP contribution in [0.4, 0.5) is 0 Å². The number of carbonyl (C=O) groups excluding carboxylic acids is 1. The number of rotatable bonds is 3. The molecule has 1 aliphatic carbocycles. The topological polar surface area (TPSA) is 63.9 Å². The van der Waals surface area contributed by atoms with E-state index < -0.39 is 0 Å². The predicted octanol–water partition coefficient (Wildman–Crippen LogP) is 2.64. The summed E-state index contributed by atoms with van der Waals surface area (Å²) in [5.74, 6) is 1.80. The van der Waals surface area contributed by atoms with Gasteiger partial charge in [-0.3, -0.25) is 9.78 Å². The molecule has 2 fully saturated rings. The van der Waals surface area contributed by atoms with Crippen molar-refractivity contribution in [3.63, 3.8) is 0 Å². The van der Waals surface area contributed by atoms with Crippen molar-refractivity contribution >= 4 is 5.91 Å². The number of aromatic nitrogens is 4. The van der Waals surface area contributed by atoms with Gasteiger partial charge in [-0.1, -0.05) is 6.42 Å². The molecule has 1 saturated carbocycles. The number of aryl methyl sites for hydroxylation is 2. The van der Waals surface area contributed by atoms with Crippen LogP contribution in [0.2, 0.25) is 0 Å². The minimum atomic E-state index is -0.0204. The normalized spacial score (nSPS) is 21.1. The van der Waals surface area contributed by atoms with Crippen LogP contribution in [0.1, 0.15) is 65.3 Å². The van der Waals surface area contributed by atoms with Crippen LogP contribution < -0.4 is 0 Å². The van der Waals surface area contributed by atoms with Crippen LogP contribution in [0.3, 0.4) is 0 Å². The maximum Gasteiger partial charge on any atom is 0.274 e. The van der Waals surface area contributed by atoms with E-state index in [1.807, 2.05) is 18.0 Å². The van der Waals surface area contributed by atoms with E-state index in [9.17, 15) is 4.79 Å². The number of amides is 1. The molecule has 0 spiro atoms. The molecule has 1 atom stereocenters. The molecule has 24 heavy (non-hydrogen) atoms. The van der Waals surface area contributed by atoms with Crippen LogP contribution in [-0.2, 0) is 0 Å². The largest absolute Gasteiger partial charge is 0.335 e. The average Bonchev–Trinajstić information content (AvgIpc) is 3.13. The standard InChI is InChI=1S/C18H23N5O/c1-12-8-20-16(10-19-12)18(24)22-7-6-15(11-22)23-13(2)9-21-17(23)14-4-3-5-14/h8-10,14-15H,3-7,11H2,1-2H3. The SMILES string of the molecule is Cc1cnc(C(=O)N2CCC(n3c(C)cnc3C3CCC3)C2)cn1. The highest BCUT2D eigenvalue weighted by Crippen LogP contribution is 2.38. The minimum absolute atomic E-state index is 0.0204. The van der Waals surface area contributed by atoms with Gasteiger partial charge < -0.3 is 9.47 Å². The second-order valence-electron chi connectivity index (χ2n) is 6.99. The number of hydrogen-bond donors (Lipinski definition) is 0. The summed E-state index contributed by atoms with van der Waals surface area (Å²) in [7, 11) is 0. The molecule has 1 unspecified atom stereocenters. The fourth-order valence-corrected chi connectivity index (χ4v) is 3.71. The summed E-state index contributed by atoms with van der Waals surface area (Å²) in [5.41, 5.74) is 2.46. The van der Waals surface area contributed by atoms with Crippen molar-refractivity contribution in [1.29, 1.82) is 0 Å². The molecule has 0 bridgehead atoms. The second-order valence-corrected chi connectivity index (χ2v) is 6.99. The Morgan fingerprint density at radius 1 is 1.08 bits per heavy atom. The Morgan fingerprint density at radius 2 is 1.92 bits per heavy atom. The van der Waals surface area contributed by atoms with Crippen molar-refractivity contribution in [3.05, 3.63) is 41.5 Å². The van der Waals surface area contributed by atoms with Gasteiger partial charge in [0.2, 0.25) is 0 Å². The van der Waals surface area contributed by atoms with Gasteiger partial charge >= 0.3 is 0 Å². The zero-order valence-electron chi connectivity index (χ0n) is 14.3. The molecule has 2 aromatic rings. The Bertz CT molecular complexity index is 747. The summed E-state index contributed by atoms with van der Waals surface area (Å²) < 4.78 is 2.37. The summed E-state index contributed by atoms with van der Waals surface area (Å²) in [6, 6.07) is 0.324. The molecule has 0 radical (unpaired) electrons. The highest BCUT2D eigenvalue weighted by molar-refractivity contribution is 5.92. The third kappa shape index (κ3) is 2.60. The van der Waals surface area contributed by atoms with E-state index in [1.165, 1.54) is 30.8 Å². The molecular weight excluding hydrogens is 302 g/mol. The molecule has 6 heteroatoms. The van der Waals surface area contributed by atoms with Crippen LogP contribution in [0, 0.1) is 13.8 Å². The quantitative estimate of drug-likeness (QED) is 0.870. The number of nitrogens with zero attached hydrogens (tertiary/aromatic N) is 5. The van der Waals surface area contributed by atoms with Gasteiger partial charge in [-0.15, -0.1) is 0 Å². The van der Waals surface area contributed by atoms with Gasteiger partial charge in [0, 0.05) is 37.1 Å². The summed E-state index contributed by atoms with van der Waals surface area (Å²) in [5, 5.41) is 0. The highest BCUT2D eigenvalue weighted by atomic mass is 16.2. The maximum absolute atomic E-state index is 12.6. The van der Waals surface area contributed by atoms with Gasteiger partial charge in [0.05, 0.1) is 17.9 Å². The molecule has 4 rings (SSSR count). The number of imidazole rings is 1. The maximum atomic E-state index is 12.6. The van der Waals surface area contributed by atoms with E-state index in [-0.39, 0.29) is 5.91 Å². The van der Waals surface area contributed by atoms with E-state index in [4.69, 9.17) is 0 Å². The molecule has 2 aliphatic rings.